The molecular weight excluding hydrogens is 472 g/mol. The lowest BCUT2D eigenvalue weighted by molar-refractivity contribution is -0.128. The molecule has 5 heteroatoms. The van der Waals surface area contributed by atoms with E-state index in [9.17, 15) is 9.59 Å². The summed E-state index contributed by atoms with van der Waals surface area (Å²) in [4.78, 5) is 28.5. The van der Waals surface area contributed by atoms with Gasteiger partial charge >= 0.3 is 0 Å². The predicted octanol–water partition coefficient (Wildman–Crippen LogP) is 5.95. The summed E-state index contributed by atoms with van der Waals surface area (Å²) in [6.45, 7) is 3.02. The molecule has 5 nitrogen and oxygen atoms in total. The molecule has 1 aliphatic heterocycles. The molecule has 1 N–H and O–H groups in total. The second-order valence-electron chi connectivity index (χ2n) is 9.51. The third kappa shape index (κ3) is 5.62. The molecule has 4 aromatic rings. The molecular formula is C33H32N2O3. The molecule has 2 unspecified atom stereocenters. The summed E-state index contributed by atoms with van der Waals surface area (Å²) in [7, 11) is 0. The lowest BCUT2D eigenvalue weighted by Gasteiger charge is -2.38. The van der Waals surface area contributed by atoms with Crippen molar-refractivity contribution in [1.29, 1.82) is 0 Å². The van der Waals surface area contributed by atoms with Gasteiger partial charge in [-0.2, -0.15) is 0 Å². The van der Waals surface area contributed by atoms with E-state index in [0.717, 1.165) is 23.1 Å². The van der Waals surface area contributed by atoms with E-state index < -0.39 is 6.10 Å². The van der Waals surface area contributed by atoms with Gasteiger partial charge in [0.05, 0.1) is 6.04 Å². The Hall–Kier alpha value is -4.38. The summed E-state index contributed by atoms with van der Waals surface area (Å²) < 4.78 is 6.23. The predicted molar refractivity (Wildman–Crippen MR) is 149 cm³/mol. The molecule has 1 aliphatic rings. The molecule has 0 spiro atoms. The number of hydrogen-bond acceptors (Lipinski definition) is 3. The molecule has 0 bridgehead atoms. The van der Waals surface area contributed by atoms with Crippen molar-refractivity contribution < 1.29 is 14.3 Å². The van der Waals surface area contributed by atoms with Crippen LogP contribution in [-0.2, 0) is 17.8 Å². The third-order valence-corrected chi connectivity index (χ3v) is 6.99. The maximum Gasteiger partial charge on any atom is 0.261 e. The molecule has 2 atom stereocenters. The molecule has 1 heterocycles. The third-order valence-electron chi connectivity index (χ3n) is 6.99. The van der Waals surface area contributed by atoms with E-state index in [2.05, 4.69) is 23.5 Å². The fraction of sp³-hybridized carbons (Fsp3) is 0.212. The first kappa shape index (κ1) is 25.3. The first-order valence-electron chi connectivity index (χ1n) is 13.2. The zero-order valence-electron chi connectivity index (χ0n) is 21.5. The molecule has 0 aromatic heterocycles. The molecule has 2 amide bonds. The van der Waals surface area contributed by atoms with Crippen molar-refractivity contribution >= 4 is 11.8 Å². The Kier molecular flexibility index (Phi) is 7.84. The van der Waals surface area contributed by atoms with Crippen molar-refractivity contribution in [1.82, 2.24) is 10.2 Å². The van der Waals surface area contributed by atoms with E-state index in [0.29, 0.717) is 30.8 Å². The van der Waals surface area contributed by atoms with Crippen LogP contribution in [0.15, 0.2) is 109 Å². The van der Waals surface area contributed by atoms with Crippen LogP contribution in [0.25, 0.3) is 0 Å². The van der Waals surface area contributed by atoms with Crippen LogP contribution in [0.5, 0.6) is 5.75 Å². The van der Waals surface area contributed by atoms with Crippen LogP contribution >= 0.6 is 0 Å². The highest BCUT2D eigenvalue weighted by molar-refractivity contribution is 5.95. The minimum absolute atomic E-state index is 0.00292. The smallest absolute Gasteiger partial charge is 0.261 e. The number of benzene rings is 4. The van der Waals surface area contributed by atoms with Gasteiger partial charge < -0.3 is 15.0 Å². The maximum absolute atomic E-state index is 13.6. The number of hydrogen-bond donors (Lipinski definition) is 1. The van der Waals surface area contributed by atoms with Gasteiger partial charge in [-0.05, 0) is 59.4 Å². The highest BCUT2D eigenvalue weighted by atomic mass is 16.5. The van der Waals surface area contributed by atoms with Gasteiger partial charge in [0.1, 0.15) is 5.75 Å². The summed E-state index contributed by atoms with van der Waals surface area (Å²) in [5, 5.41) is 2.99. The lowest BCUT2D eigenvalue weighted by Crippen LogP contribution is -2.41. The highest BCUT2D eigenvalue weighted by Crippen LogP contribution is 2.38. The average molecular weight is 505 g/mol. The minimum atomic E-state index is -0.613. The fourth-order valence-corrected chi connectivity index (χ4v) is 5.01. The van der Waals surface area contributed by atoms with Crippen molar-refractivity contribution in [3.05, 3.63) is 137 Å². The Morgan fingerprint density at radius 2 is 1.55 bits per heavy atom. The SMILES string of the molecule is CCC(Oc1ccc2c(c1)C(c1ccccc1)N(C(=O)c1ccccc1)CC2)C(=O)NCc1ccccc1. The molecule has 5 rings (SSSR count). The number of carbonyl (C=O) groups excluding carboxylic acids is 2. The highest BCUT2D eigenvalue weighted by Gasteiger charge is 2.33. The number of rotatable bonds is 8. The molecule has 0 saturated heterocycles. The van der Waals surface area contributed by atoms with Crippen molar-refractivity contribution in [3.8, 4) is 5.75 Å². The molecule has 0 saturated carbocycles. The molecule has 192 valence electrons. The van der Waals surface area contributed by atoms with E-state index in [4.69, 9.17) is 4.74 Å². The standard InChI is InChI=1S/C33H32N2O3/c1-2-30(32(36)34-23-24-12-6-3-7-13-24)38-28-19-18-25-20-21-35(33(37)27-16-10-5-11-17-27)31(29(25)22-28)26-14-8-4-9-15-26/h3-19,22,30-31H,2,20-21,23H2,1H3,(H,34,36). The van der Waals surface area contributed by atoms with Crippen LogP contribution in [0.2, 0.25) is 0 Å². The Balaban J connectivity index is 1.41. The topological polar surface area (TPSA) is 58.6 Å². The van der Waals surface area contributed by atoms with E-state index in [1.807, 2.05) is 103 Å². The van der Waals surface area contributed by atoms with E-state index in [1.165, 1.54) is 5.56 Å². The molecule has 0 radical (unpaired) electrons. The monoisotopic (exact) mass is 504 g/mol. The van der Waals surface area contributed by atoms with Crippen molar-refractivity contribution in [2.45, 2.75) is 38.5 Å². The first-order chi connectivity index (χ1) is 18.6. The number of nitrogens with one attached hydrogen (secondary N) is 1. The van der Waals surface area contributed by atoms with Crippen LogP contribution < -0.4 is 10.1 Å². The van der Waals surface area contributed by atoms with Crippen molar-refractivity contribution in [2.24, 2.45) is 0 Å². The second-order valence-corrected chi connectivity index (χ2v) is 9.51. The summed E-state index contributed by atoms with van der Waals surface area (Å²) >= 11 is 0. The number of nitrogens with zero attached hydrogens (tertiary/aromatic N) is 1. The van der Waals surface area contributed by atoms with Gasteiger partial charge in [-0.15, -0.1) is 0 Å². The molecule has 0 fully saturated rings. The molecule has 4 aromatic carbocycles. The Morgan fingerprint density at radius 1 is 0.895 bits per heavy atom. The lowest BCUT2D eigenvalue weighted by atomic mass is 9.87. The minimum Gasteiger partial charge on any atom is -0.481 e. The van der Waals surface area contributed by atoms with E-state index >= 15 is 0 Å². The number of fused-ring (bicyclic) bond motifs is 1. The van der Waals surface area contributed by atoms with Gasteiger partial charge in [-0.25, -0.2) is 0 Å². The van der Waals surface area contributed by atoms with Crippen molar-refractivity contribution in [3.63, 3.8) is 0 Å². The Labute approximate surface area is 224 Å². The summed E-state index contributed by atoms with van der Waals surface area (Å²) in [5.74, 6) is 0.484. The number of carbonyl (C=O) groups is 2. The van der Waals surface area contributed by atoms with Crippen LogP contribution in [-0.4, -0.2) is 29.4 Å². The summed E-state index contributed by atoms with van der Waals surface area (Å²) in [5.41, 5.74) is 4.97. The fourth-order valence-electron chi connectivity index (χ4n) is 5.01. The first-order valence-corrected chi connectivity index (χ1v) is 13.2. The van der Waals surface area contributed by atoms with Gasteiger partial charge in [0.15, 0.2) is 6.10 Å². The van der Waals surface area contributed by atoms with Gasteiger partial charge in [0, 0.05) is 18.7 Å². The Morgan fingerprint density at radius 3 is 2.24 bits per heavy atom. The van der Waals surface area contributed by atoms with E-state index in [-0.39, 0.29) is 17.9 Å². The van der Waals surface area contributed by atoms with Gasteiger partial charge in [-0.1, -0.05) is 91.9 Å². The average Bonchev–Trinajstić information content (AvgIpc) is 2.99. The van der Waals surface area contributed by atoms with Gasteiger partial charge in [0.25, 0.3) is 11.8 Å². The molecule has 0 aliphatic carbocycles. The molecule has 38 heavy (non-hydrogen) atoms. The van der Waals surface area contributed by atoms with Crippen LogP contribution in [0, 0.1) is 0 Å². The largest absolute Gasteiger partial charge is 0.481 e. The van der Waals surface area contributed by atoms with Crippen LogP contribution in [0.4, 0.5) is 0 Å². The van der Waals surface area contributed by atoms with Crippen LogP contribution in [0.3, 0.4) is 0 Å². The van der Waals surface area contributed by atoms with Gasteiger partial charge in [0.2, 0.25) is 0 Å². The van der Waals surface area contributed by atoms with Crippen molar-refractivity contribution in [2.75, 3.05) is 6.54 Å². The summed E-state index contributed by atoms with van der Waals surface area (Å²) in [6, 6.07) is 35.1. The second kappa shape index (κ2) is 11.8. The summed E-state index contributed by atoms with van der Waals surface area (Å²) in [6.07, 6.45) is 0.683. The van der Waals surface area contributed by atoms with Crippen LogP contribution in [0.1, 0.15) is 52.0 Å². The number of ether oxygens (including phenoxy) is 1. The number of amides is 2. The van der Waals surface area contributed by atoms with E-state index in [1.54, 1.807) is 0 Å². The zero-order chi connectivity index (χ0) is 26.3. The normalized spacial score (nSPS) is 15.3. The maximum atomic E-state index is 13.6. The quantitative estimate of drug-likeness (QED) is 0.323. The van der Waals surface area contributed by atoms with Gasteiger partial charge in [-0.3, -0.25) is 9.59 Å². The Bertz CT molecular complexity index is 1370. The zero-order valence-corrected chi connectivity index (χ0v) is 21.5.